The summed E-state index contributed by atoms with van der Waals surface area (Å²) in [4.78, 5) is 26.6. The molecule has 3 rings (SSSR count). The van der Waals surface area contributed by atoms with E-state index >= 15 is 0 Å². The van der Waals surface area contributed by atoms with Crippen LogP contribution >= 0.6 is 0 Å². The van der Waals surface area contributed by atoms with E-state index in [4.69, 9.17) is 0 Å². The molecule has 2 N–H and O–H groups in total. The van der Waals surface area contributed by atoms with E-state index in [0.717, 1.165) is 25.1 Å². The van der Waals surface area contributed by atoms with Crippen molar-refractivity contribution in [1.82, 2.24) is 15.5 Å². The van der Waals surface area contributed by atoms with E-state index < -0.39 is 0 Å². The Morgan fingerprint density at radius 1 is 1.38 bits per heavy atom. The monoisotopic (exact) mass is 329 g/mol. The zero-order chi connectivity index (χ0) is 16.9. The SMILES string of the molecule is CC(c1ccccc1)N1CC(C(=O)NCC2CCCNC2)CC1=O. The summed E-state index contributed by atoms with van der Waals surface area (Å²) < 4.78 is 0. The number of hydrogen-bond acceptors (Lipinski definition) is 3. The summed E-state index contributed by atoms with van der Waals surface area (Å²) >= 11 is 0. The summed E-state index contributed by atoms with van der Waals surface area (Å²) in [6, 6.07) is 10.0. The predicted octanol–water partition coefficient (Wildman–Crippen LogP) is 1.71. The topological polar surface area (TPSA) is 61.4 Å². The smallest absolute Gasteiger partial charge is 0.225 e. The molecule has 0 aliphatic carbocycles. The highest BCUT2D eigenvalue weighted by Crippen LogP contribution is 2.28. The molecule has 0 saturated carbocycles. The van der Waals surface area contributed by atoms with Crippen LogP contribution < -0.4 is 10.6 Å². The van der Waals surface area contributed by atoms with Crippen molar-refractivity contribution >= 4 is 11.8 Å². The number of carbonyl (C=O) groups is 2. The highest BCUT2D eigenvalue weighted by Gasteiger charge is 2.37. The van der Waals surface area contributed by atoms with E-state index in [2.05, 4.69) is 10.6 Å². The highest BCUT2D eigenvalue weighted by atomic mass is 16.2. The molecule has 0 aromatic heterocycles. The zero-order valence-corrected chi connectivity index (χ0v) is 14.3. The molecule has 2 aliphatic rings. The fraction of sp³-hybridized carbons (Fsp3) is 0.579. The van der Waals surface area contributed by atoms with Crippen molar-refractivity contribution in [3.8, 4) is 0 Å². The Labute approximate surface area is 143 Å². The number of nitrogens with one attached hydrogen (secondary N) is 2. The molecule has 2 saturated heterocycles. The van der Waals surface area contributed by atoms with Crippen molar-refractivity contribution in [1.29, 1.82) is 0 Å². The Bertz CT molecular complexity index is 569. The number of carbonyl (C=O) groups excluding carboxylic acids is 2. The van der Waals surface area contributed by atoms with Crippen LogP contribution in [0.2, 0.25) is 0 Å². The number of piperidine rings is 1. The fourth-order valence-electron chi connectivity index (χ4n) is 3.68. The summed E-state index contributed by atoms with van der Waals surface area (Å²) in [6.07, 6.45) is 2.66. The number of amides is 2. The fourth-order valence-corrected chi connectivity index (χ4v) is 3.68. The van der Waals surface area contributed by atoms with Crippen molar-refractivity contribution in [2.75, 3.05) is 26.2 Å². The summed E-state index contributed by atoms with van der Waals surface area (Å²) in [5.41, 5.74) is 1.11. The molecule has 3 unspecified atom stereocenters. The third-order valence-corrected chi connectivity index (χ3v) is 5.24. The van der Waals surface area contributed by atoms with Crippen LogP contribution in [0.3, 0.4) is 0 Å². The predicted molar refractivity (Wildman–Crippen MR) is 93.3 cm³/mol. The lowest BCUT2D eigenvalue weighted by molar-refractivity contribution is -0.130. The van der Waals surface area contributed by atoms with Gasteiger partial charge in [0.2, 0.25) is 11.8 Å². The van der Waals surface area contributed by atoms with Crippen LogP contribution in [0.5, 0.6) is 0 Å². The zero-order valence-electron chi connectivity index (χ0n) is 14.3. The van der Waals surface area contributed by atoms with Gasteiger partial charge in [0.15, 0.2) is 0 Å². The van der Waals surface area contributed by atoms with Gasteiger partial charge in [0, 0.05) is 19.5 Å². The van der Waals surface area contributed by atoms with Crippen molar-refractivity contribution in [2.45, 2.75) is 32.2 Å². The van der Waals surface area contributed by atoms with Crippen LogP contribution in [-0.2, 0) is 9.59 Å². The Hall–Kier alpha value is -1.88. The van der Waals surface area contributed by atoms with Crippen molar-refractivity contribution < 1.29 is 9.59 Å². The molecule has 5 heteroatoms. The molecule has 2 amide bonds. The molecule has 0 bridgehead atoms. The Balaban J connectivity index is 1.53. The molecule has 5 nitrogen and oxygen atoms in total. The van der Waals surface area contributed by atoms with Gasteiger partial charge < -0.3 is 15.5 Å². The summed E-state index contributed by atoms with van der Waals surface area (Å²) in [7, 11) is 0. The minimum Gasteiger partial charge on any atom is -0.355 e. The summed E-state index contributed by atoms with van der Waals surface area (Å²) in [6.45, 7) is 5.31. The number of hydrogen-bond donors (Lipinski definition) is 2. The molecule has 2 heterocycles. The van der Waals surface area contributed by atoms with Gasteiger partial charge in [0.05, 0.1) is 12.0 Å². The molecule has 0 radical (unpaired) electrons. The Morgan fingerprint density at radius 2 is 2.17 bits per heavy atom. The maximum absolute atomic E-state index is 12.4. The van der Waals surface area contributed by atoms with Crippen LogP contribution in [-0.4, -0.2) is 42.9 Å². The number of nitrogens with zero attached hydrogens (tertiary/aromatic N) is 1. The van der Waals surface area contributed by atoms with Gasteiger partial charge >= 0.3 is 0 Å². The van der Waals surface area contributed by atoms with E-state index in [1.807, 2.05) is 42.2 Å². The first-order valence-electron chi connectivity index (χ1n) is 8.98. The van der Waals surface area contributed by atoms with Gasteiger partial charge in [-0.1, -0.05) is 30.3 Å². The van der Waals surface area contributed by atoms with Crippen LogP contribution in [0.25, 0.3) is 0 Å². The molecule has 2 fully saturated rings. The molecular formula is C19H27N3O2. The van der Waals surface area contributed by atoms with Crippen LogP contribution in [0, 0.1) is 11.8 Å². The Kier molecular flexibility index (Phi) is 5.51. The van der Waals surface area contributed by atoms with Gasteiger partial charge in [0.1, 0.15) is 0 Å². The first-order valence-corrected chi connectivity index (χ1v) is 8.98. The van der Waals surface area contributed by atoms with Crippen molar-refractivity contribution in [3.63, 3.8) is 0 Å². The number of likely N-dealkylation sites (tertiary alicyclic amines) is 1. The largest absolute Gasteiger partial charge is 0.355 e. The molecule has 1 aromatic rings. The van der Waals surface area contributed by atoms with Crippen molar-refractivity contribution in [2.24, 2.45) is 11.8 Å². The van der Waals surface area contributed by atoms with Gasteiger partial charge in [-0.15, -0.1) is 0 Å². The van der Waals surface area contributed by atoms with E-state index in [9.17, 15) is 9.59 Å². The highest BCUT2D eigenvalue weighted by molar-refractivity contribution is 5.89. The second kappa shape index (κ2) is 7.79. The standard InChI is InChI=1S/C19H27N3O2/c1-14(16-7-3-2-4-8-16)22-13-17(10-18(22)23)19(24)21-12-15-6-5-9-20-11-15/h2-4,7-8,14-15,17,20H,5-6,9-13H2,1H3,(H,21,24). The second-order valence-electron chi connectivity index (χ2n) is 6.99. The van der Waals surface area contributed by atoms with Gasteiger partial charge in [0.25, 0.3) is 0 Å². The number of rotatable bonds is 5. The lowest BCUT2D eigenvalue weighted by Gasteiger charge is -2.25. The number of benzene rings is 1. The molecule has 24 heavy (non-hydrogen) atoms. The summed E-state index contributed by atoms with van der Waals surface area (Å²) in [5.74, 6) is 0.391. The average molecular weight is 329 g/mol. The third kappa shape index (κ3) is 3.96. The quantitative estimate of drug-likeness (QED) is 0.864. The molecule has 1 aromatic carbocycles. The van der Waals surface area contributed by atoms with Crippen LogP contribution in [0.1, 0.15) is 37.8 Å². The lowest BCUT2D eigenvalue weighted by Crippen LogP contribution is -2.40. The van der Waals surface area contributed by atoms with Gasteiger partial charge in [-0.25, -0.2) is 0 Å². The maximum atomic E-state index is 12.4. The molecular weight excluding hydrogens is 302 g/mol. The molecule has 3 atom stereocenters. The molecule has 0 spiro atoms. The van der Waals surface area contributed by atoms with E-state index in [-0.39, 0.29) is 23.8 Å². The van der Waals surface area contributed by atoms with E-state index in [1.165, 1.54) is 6.42 Å². The van der Waals surface area contributed by atoms with Crippen LogP contribution in [0.4, 0.5) is 0 Å². The van der Waals surface area contributed by atoms with Gasteiger partial charge in [-0.05, 0) is 44.3 Å². The molecule has 2 aliphatic heterocycles. The van der Waals surface area contributed by atoms with Gasteiger partial charge in [-0.2, -0.15) is 0 Å². The normalized spacial score (nSPS) is 25.5. The average Bonchev–Trinajstić information content (AvgIpc) is 3.02. The first-order chi connectivity index (χ1) is 11.6. The van der Waals surface area contributed by atoms with Gasteiger partial charge in [-0.3, -0.25) is 9.59 Å². The minimum absolute atomic E-state index is 0.0130. The van der Waals surface area contributed by atoms with E-state index in [0.29, 0.717) is 25.4 Å². The summed E-state index contributed by atoms with van der Waals surface area (Å²) in [5, 5.41) is 6.42. The van der Waals surface area contributed by atoms with Crippen molar-refractivity contribution in [3.05, 3.63) is 35.9 Å². The third-order valence-electron chi connectivity index (χ3n) is 5.24. The maximum Gasteiger partial charge on any atom is 0.225 e. The lowest BCUT2D eigenvalue weighted by atomic mass is 9.99. The second-order valence-corrected chi connectivity index (χ2v) is 6.99. The minimum atomic E-state index is -0.222. The Morgan fingerprint density at radius 3 is 2.88 bits per heavy atom. The first kappa shape index (κ1) is 17.0. The molecule has 130 valence electrons. The van der Waals surface area contributed by atoms with E-state index in [1.54, 1.807) is 0 Å². The van der Waals surface area contributed by atoms with Crippen LogP contribution in [0.15, 0.2) is 30.3 Å².